The van der Waals surface area contributed by atoms with Gasteiger partial charge in [-0.15, -0.1) is 0 Å². The van der Waals surface area contributed by atoms with E-state index in [-0.39, 0.29) is 5.76 Å². The highest BCUT2D eigenvalue weighted by molar-refractivity contribution is 5.96. The maximum Gasteiger partial charge on any atom is 0.372 e. The van der Waals surface area contributed by atoms with Gasteiger partial charge in [0.1, 0.15) is 5.58 Å². The minimum atomic E-state index is -0.987. The molecule has 1 heterocycles. The number of benzene rings is 1. The van der Waals surface area contributed by atoms with Gasteiger partial charge in [-0.3, -0.25) is 0 Å². The number of fused-ring (bicyclic) bond motifs is 1. The van der Waals surface area contributed by atoms with Crippen LogP contribution in [0.3, 0.4) is 0 Å². The van der Waals surface area contributed by atoms with E-state index in [1.807, 2.05) is 19.9 Å². The van der Waals surface area contributed by atoms with Gasteiger partial charge in [0.2, 0.25) is 5.76 Å². The van der Waals surface area contributed by atoms with Crippen molar-refractivity contribution in [3.8, 4) is 0 Å². The number of hydrogen-bond acceptors (Lipinski definition) is 2. The number of carbonyl (C=O) groups is 1. The maximum atomic E-state index is 11.3. The third-order valence-electron chi connectivity index (χ3n) is 3.04. The first kappa shape index (κ1) is 12.7. The van der Waals surface area contributed by atoms with E-state index in [0.29, 0.717) is 11.5 Å². The van der Waals surface area contributed by atoms with Crippen molar-refractivity contribution in [2.75, 3.05) is 0 Å². The Morgan fingerprint density at radius 1 is 1.33 bits per heavy atom. The van der Waals surface area contributed by atoms with Gasteiger partial charge in [0.25, 0.3) is 0 Å². The molecular formula is C15H18O3. The zero-order valence-corrected chi connectivity index (χ0v) is 11.2. The van der Waals surface area contributed by atoms with Gasteiger partial charge in [-0.25, -0.2) is 4.79 Å². The smallest absolute Gasteiger partial charge is 0.372 e. The molecule has 18 heavy (non-hydrogen) atoms. The summed E-state index contributed by atoms with van der Waals surface area (Å²) in [5.41, 5.74) is 3.67. The van der Waals surface area contributed by atoms with E-state index in [4.69, 9.17) is 4.42 Å². The van der Waals surface area contributed by atoms with Crippen molar-refractivity contribution in [1.29, 1.82) is 0 Å². The molecule has 0 bridgehead atoms. The van der Waals surface area contributed by atoms with Crippen LogP contribution in [0.1, 0.15) is 41.1 Å². The summed E-state index contributed by atoms with van der Waals surface area (Å²) in [6.45, 7) is 8.14. The Bertz CT molecular complexity index is 606. The van der Waals surface area contributed by atoms with Crippen LogP contribution >= 0.6 is 0 Å². The number of hydrogen-bond donors (Lipinski definition) is 1. The average molecular weight is 246 g/mol. The first-order chi connectivity index (χ1) is 8.40. The second kappa shape index (κ2) is 4.48. The van der Waals surface area contributed by atoms with Crippen molar-refractivity contribution in [2.24, 2.45) is 5.92 Å². The van der Waals surface area contributed by atoms with Crippen LogP contribution in [-0.2, 0) is 6.42 Å². The first-order valence-electron chi connectivity index (χ1n) is 6.16. The Kier molecular flexibility index (Phi) is 3.16. The first-order valence-corrected chi connectivity index (χ1v) is 6.16. The molecule has 3 nitrogen and oxygen atoms in total. The summed E-state index contributed by atoms with van der Waals surface area (Å²) in [6, 6.07) is 3.96. The molecule has 0 amide bonds. The fraction of sp³-hybridized carbons (Fsp3) is 0.400. The van der Waals surface area contributed by atoms with E-state index >= 15 is 0 Å². The summed E-state index contributed by atoms with van der Waals surface area (Å²) >= 11 is 0. The van der Waals surface area contributed by atoms with Crippen LogP contribution in [0, 0.1) is 19.8 Å². The van der Waals surface area contributed by atoms with Crippen molar-refractivity contribution in [1.82, 2.24) is 0 Å². The molecule has 1 aromatic heterocycles. The fourth-order valence-electron chi connectivity index (χ4n) is 2.46. The topological polar surface area (TPSA) is 50.4 Å². The Morgan fingerprint density at radius 2 is 2.00 bits per heavy atom. The monoisotopic (exact) mass is 246 g/mol. The van der Waals surface area contributed by atoms with Crippen LogP contribution in [0.2, 0.25) is 0 Å². The maximum absolute atomic E-state index is 11.3. The van der Waals surface area contributed by atoms with E-state index in [1.54, 1.807) is 0 Å². The quantitative estimate of drug-likeness (QED) is 0.892. The summed E-state index contributed by atoms with van der Waals surface area (Å²) < 4.78 is 5.52. The van der Waals surface area contributed by atoms with Gasteiger partial charge in [0.15, 0.2) is 0 Å². The highest BCUT2D eigenvalue weighted by Crippen LogP contribution is 2.31. The Balaban J connectivity index is 2.76. The lowest BCUT2D eigenvalue weighted by atomic mass is 9.96. The molecule has 3 heteroatoms. The Morgan fingerprint density at radius 3 is 2.56 bits per heavy atom. The van der Waals surface area contributed by atoms with Crippen molar-refractivity contribution in [2.45, 2.75) is 34.1 Å². The van der Waals surface area contributed by atoms with Crippen molar-refractivity contribution in [3.05, 3.63) is 34.6 Å². The van der Waals surface area contributed by atoms with Crippen LogP contribution in [0.4, 0.5) is 0 Å². The molecule has 96 valence electrons. The summed E-state index contributed by atoms with van der Waals surface area (Å²) in [4.78, 5) is 11.3. The van der Waals surface area contributed by atoms with Gasteiger partial charge < -0.3 is 9.52 Å². The number of carboxylic acid groups (broad SMARTS) is 1. The third-order valence-corrected chi connectivity index (χ3v) is 3.04. The molecule has 0 saturated carbocycles. The van der Waals surface area contributed by atoms with Gasteiger partial charge in [0, 0.05) is 10.9 Å². The molecule has 1 aromatic carbocycles. The molecule has 1 N–H and O–H groups in total. The molecule has 0 unspecified atom stereocenters. The summed E-state index contributed by atoms with van der Waals surface area (Å²) in [6.07, 6.45) is 0.721. The SMILES string of the molecule is Cc1cc(C)c2c(CC(C)C)c(C(=O)O)oc2c1. The normalized spacial score (nSPS) is 11.4. The minimum Gasteiger partial charge on any atom is -0.475 e. The minimum absolute atomic E-state index is 0.0902. The standard InChI is InChI=1S/C15H18O3/c1-8(2)5-11-13-10(4)6-9(3)7-12(13)18-14(11)15(16)17/h6-8H,5H2,1-4H3,(H,16,17). The lowest BCUT2D eigenvalue weighted by molar-refractivity contribution is 0.0663. The summed E-state index contributed by atoms with van der Waals surface area (Å²) in [7, 11) is 0. The van der Waals surface area contributed by atoms with Crippen LogP contribution in [0.25, 0.3) is 11.0 Å². The molecule has 0 spiro atoms. The third kappa shape index (κ3) is 2.13. The van der Waals surface area contributed by atoms with Gasteiger partial charge in [-0.2, -0.15) is 0 Å². The van der Waals surface area contributed by atoms with E-state index in [1.165, 1.54) is 0 Å². The number of aryl methyl sites for hydroxylation is 2. The molecule has 2 aromatic rings. The zero-order valence-electron chi connectivity index (χ0n) is 11.2. The van der Waals surface area contributed by atoms with Crippen molar-refractivity contribution >= 4 is 16.9 Å². The van der Waals surface area contributed by atoms with Gasteiger partial charge in [-0.1, -0.05) is 19.9 Å². The highest BCUT2D eigenvalue weighted by Gasteiger charge is 2.21. The van der Waals surface area contributed by atoms with E-state index < -0.39 is 5.97 Å². The second-order valence-electron chi connectivity index (χ2n) is 5.27. The number of rotatable bonds is 3. The van der Waals surface area contributed by atoms with E-state index in [2.05, 4.69) is 19.9 Å². The molecule has 2 rings (SSSR count). The van der Waals surface area contributed by atoms with Gasteiger partial charge >= 0.3 is 5.97 Å². The molecule has 0 aliphatic rings. The molecular weight excluding hydrogens is 228 g/mol. The summed E-state index contributed by atoms with van der Waals surface area (Å²) in [5, 5.41) is 10.2. The highest BCUT2D eigenvalue weighted by atomic mass is 16.4. The molecule has 0 aliphatic carbocycles. The second-order valence-corrected chi connectivity index (χ2v) is 5.27. The fourth-order valence-corrected chi connectivity index (χ4v) is 2.46. The molecule has 0 aliphatic heterocycles. The van der Waals surface area contributed by atoms with E-state index in [9.17, 15) is 9.90 Å². The number of carboxylic acids is 1. The van der Waals surface area contributed by atoms with Gasteiger partial charge in [-0.05, 0) is 43.4 Å². The van der Waals surface area contributed by atoms with Crippen LogP contribution in [-0.4, -0.2) is 11.1 Å². The Labute approximate surface area is 106 Å². The largest absolute Gasteiger partial charge is 0.475 e. The summed E-state index contributed by atoms with van der Waals surface area (Å²) in [5.74, 6) is -0.504. The van der Waals surface area contributed by atoms with Crippen molar-refractivity contribution in [3.63, 3.8) is 0 Å². The average Bonchev–Trinajstić information content (AvgIpc) is 2.55. The molecule has 0 fully saturated rings. The Hall–Kier alpha value is -1.77. The lowest BCUT2D eigenvalue weighted by Crippen LogP contribution is -2.02. The van der Waals surface area contributed by atoms with E-state index in [0.717, 1.165) is 28.5 Å². The van der Waals surface area contributed by atoms with Crippen LogP contribution in [0.5, 0.6) is 0 Å². The number of furan rings is 1. The molecule has 0 saturated heterocycles. The lowest BCUT2D eigenvalue weighted by Gasteiger charge is -2.05. The predicted octanol–water partition coefficient (Wildman–Crippen LogP) is 3.95. The van der Waals surface area contributed by atoms with Crippen LogP contribution in [0.15, 0.2) is 16.5 Å². The predicted molar refractivity (Wildman–Crippen MR) is 71.2 cm³/mol. The molecule has 0 atom stereocenters. The van der Waals surface area contributed by atoms with Gasteiger partial charge in [0.05, 0.1) is 0 Å². The van der Waals surface area contributed by atoms with Crippen LogP contribution < -0.4 is 0 Å². The number of aromatic carboxylic acids is 1. The zero-order chi connectivity index (χ0) is 13.4. The van der Waals surface area contributed by atoms with Crippen molar-refractivity contribution < 1.29 is 14.3 Å². The molecule has 0 radical (unpaired) electrons.